The zero-order valence-corrected chi connectivity index (χ0v) is 17.7. The van der Waals surface area contributed by atoms with Gasteiger partial charge >= 0.3 is 0 Å². The van der Waals surface area contributed by atoms with Crippen molar-refractivity contribution in [3.63, 3.8) is 0 Å². The van der Waals surface area contributed by atoms with Gasteiger partial charge < -0.3 is 20.7 Å². The van der Waals surface area contributed by atoms with Crippen molar-refractivity contribution in [2.75, 3.05) is 26.4 Å². The third-order valence-corrected chi connectivity index (χ3v) is 4.95. The third-order valence-electron chi connectivity index (χ3n) is 4.95. The zero-order valence-electron chi connectivity index (χ0n) is 17.7. The van der Waals surface area contributed by atoms with Crippen LogP contribution in [-0.4, -0.2) is 61.2 Å². The highest BCUT2D eigenvalue weighted by molar-refractivity contribution is 5.92. The first-order valence-electron chi connectivity index (χ1n) is 10.5. The standard InChI is InChI=1S/C21H29FN4O6/c22-8-2-9-23-19(28)13-24-21(30)17-11-14-4-6-16(7-5-14)32-10-1-3-15(20(29)26-31)12-18(27)25-17/h4-7,15,17,31H,1-3,8-13H2,(H,23,28)(H,24,30)(H,25,27)(H,26,29). The number of hydrogen-bond acceptors (Lipinski definition) is 6. The van der Waals surface area contributed by atoms with Crippen LogP contribution in [0, 0.1) is 5.92 Å². The minimum atomic E-state index is -0.992. The molecule has 0 saturated heterocycles. The molecule has 2 heterocycles. The highest BCUT2D eigenvalue weighted by atomic mass is 19.1. The maximum Gasteiger partial charge on any atom is 0.246 e. The number of halogens is 1. The average molecular weight is 452 g/mol. The minimum Gasteiger partial charge on any atom is -0.494 e. The summed E-state index contributed by atoms with van der Waals surface area (Å²) in [6, 6.07) is 6.05. The lowest BCUT2D eigenvalue weighted by Crippen LogP contribution is -2.50. The number of carbonyl (C=O) groups excluding carboxylic acids is 4. The molecule has 0 radical (unpaired) electrons. The molecular formula is C21H29FN4O6. The number of fused-ring (bicyclic) bond motifs is 11. The van der Waals surface area contributed by atoms with Gasteiger partial charge in [0.05, 0.1) is 19.8 Å². The van der Waals surface area contributed by atoms with E-state index in [1.165, 1.54) is 0 Å². The second kappa shape index (κ2) is 13.3. The number of rotatable bonds is 7. The van der Waals surface area contributed by atoms with E-state index in [2.05, 4.69) is 16.0 Å². The molecular weight excluding hydrogens is 423 g/mol. The van der Waals surface area contributed by atoms with Crippen molar-refractivity contribution < 1.29 is 33.5 Å². The van der Waals surface area contributed by atoms with Crippen molar-refractivity contribution in [3.05, 3.63) is 29.8 Å². The van der Waals surface area contributed by atoms with Crippen LogP contribution in [0.1, 0.15) is 31.2 Å². The lowest BCUT2D eigenvalue weighted by molar-refractivity contribution is -0.137. The molecule has 0 fully saturated rings. The van der Waals surface area contributed by atoms with Crippen LogP contribution in [-0.2, 0) is 25.6 Å². The van der Waals surface area contributed by atoms with Gasteiger partial charge in [0.15, 0.2) is 0 Å². The first-order chi connectivity index (χ1) is 15.4. The second-order valence-corrected chi connectivity index (χ2v) is 7.45. The quantitative estimate of drug-likeness (QED) is 0.223. The SMILES string of the molecule is O=C(CNC(=O)C1Cc2ccc(cc2)OCCCC(C(=O)NO)CC(=O)N1)NCCCF. The smallest absolute Gasteiger partial charge is 0.246 e. The van der Waals surface area contributed by atoms with Crippen molar-refractivity contribution in [1.29, 1.82) is 0 Å². The Bertz CT molecular complexity index is 789. The van der Waals surface area contributed by atoms with Crippen LogP contribution in [0.2, 0.25) is 0 Å². The Hall–Kier alpha value is -3.21. The Kier molecular flexibility index (Phi) is 10.4. The van der Waals surface area contributed by atoms with E-state index in [4.69, 9.17) is 9.94 Å². The van der Waals surface area contributed by atoms with E-state index < -0.39 is 42.3 Å². The summed E-state index contributed by atoms with van der Waals surface area (Å²) < 4.78 is 17.8. The number of nitrogens with one attached hydrogen (secondary N) is 4. The van der Waals surface area contributed by atoms with E-state index in [-0.39, 0.29) is 32.4 Å². The normalized spacial score (nSPS) is 19.1. The molecule has 3 rings (SSSR count). The highest BCUT2D eigenvalue weighted by Gasteiger charge is 2.26. The molecule has 10 nitrogen and oxygen atoms in total. The van der Waals surface area contributed by atoms with Crippen molar-refractivity contribution in [2.45, 2.75) is 38.1 Å². The largest absolute Gasteiger partial charge is 0.494 e. The second-order valence-electron chi connectivity index (χ2n) is 7.45. The van der Waals surface area contributed by atoms with Gasteiger partial charge in [0.1, 0.15) is 11.8 Å². The predicted octanol–water partition coefficient (Wildman–Crippen LogP) is -0.00980. The number of benzene rings is 1. The monoisotopic (exact) mass is 452 g/mol. The van der Waals surface area contributed by atoms with Crippen LogP contribution in [0.25, 0.3) is 0 Å². The molecule has 0 aromatic heterocycles. The topological polar surface area (TPSA) is 146 Å². The third kappa shape index (κ3) is 8.50. The molecule has 5 N–H and O–H groups in total. The summed E-state index contributed by atoms with van der Waals surface area (Å²) in [6.45, 7) is -0.373. The first-order valence-corrected chi connectivity index (χ1v) is 10.5. The van der Waals surface area contributed by atoms with E-state index in [0.29, 0.717) is 25.2 Å². The number of hydroxylamine groups is 1. The van der Waals surface area contributed by atoms with Crippen LogP contribution in [0.5, 0.6) is 5.75 Å². The fourth-order valence-electron chi connectivity index (χ4n) is 3.23. The van der Waals surface area contributed by atoms with Gasteiger partial charge in [-0.05, 0) is 37.0 Å². The van der Waals surface area contributed by atoms with Gasteiger partial charge in [-0.1, -0.05) is 12.1 Å². The van der Waals surface area contributed by atoms with Crippen molar-refractivity contribution in [2.24, 2.45) is 5.92 Å². The van der Waals surface area contributed by atoms with Gasteiger partial charge in [0.25, 0.3) is 0 Å². The molecule has 1 aromatic rings. The van der Waals surface area contributed by atoms with E-state index >= 15 is 0 Å². The van der Waals surface area contributed by atoms with Crippen LogP contribution in [0.15, 0.2) is 24.3 Å². The Labute approximate surface area is 185 Å². The summed E-state index contributed by atoms with van der Waals surface area (Å²) in [4.78, 5) is 49.0. The van der Waals surface area contributed by atoms with Crippen molar-refractivity contribution in [1.82, 2.24) is 21.4 Å². The molecule has 2 unspecified atom stereocenters. The molecule has 0 saturated carbocycles. The summed E-state index contributed by atoms with van der Waals surface area (Å²) in [6.07, 6.45) is 0.888. The van der Waals surface area contributed by atoms with Gasteiger partial charge in [0, 0.05) is 25.3 Å². The lowest BCUT2D eigenvalue weighted by Gasteiger charge is -2.21. The molecule has 32 heavy (non-hydrogen) atoms. The molecule has 4 amide bonds. The van der Waals surface area contributed by atoms with E-state index in [9.17, 15) is 23.6 Å². The van der Waals surface area contributed by atoms with E-state index in [1.807, 2.05) is 0 Å². The Morgan fingerprint density at radius 2 is 1.88 bits per heavy atom. The number of alkyl halides is 1. The molecule has 2 atom stereocenters. The maximum atomic E-state index is 12.7. The molecule has 2 aliphatic rings. The van der Waals surface area contributed by atoms with Crippen LogP contribution in [0.3, 0.4) is 0 Å². The lowest BCUT2D eigenvalue weighted by atomic mass is 9.97. The Morgan fingerprint density at radius 1 is 1.12 bits per heavy atom. The number of hydrogen-bond donors (Lipinski definition) is 5. The predicted molar refractivity (Wildman–Crippen MR) is 111 cm³/mol. The summed E-state index contributed by atoms with van der Waals surface area (Å²) in [7, 11) is 0. The minimum absolute atomic E-state index is 0.151. The molecule has 11 heteroatoms. The van der Waals surface area contributed by atoms with Gasteiger partial charge in [-0.25, -0.2) is 5.48 Å². The molecule has 0 spiro atoms. The van der Waals surface area contributed by atoms with E-state index in [1.54, 1.807) is 29.7 Å². The number of carbonyl (C=O) groups is 4. The fourth-order valence-corrected chi connectivity index (χ4v) is 3.23. The highest BCUT2D eigenvalue weighted by Crippen LogP contribution is 2.17. The average Bonchev–Trinajstić information content (AvgIpc) is 2.79. The Balaban J connectivity index is 2.10. The number of ether oxygens (including phenoxy) is 1. The summed E-state index contributed by atoms with van der Waals surface area (Å²) in [5.41, 5.74) is 2.32. The van der Waals surface area contributed by atoms with Gasteiger partial charge in [0.2, 0.25) is 23.6 Å². The molecule has 176 valence electrons. The summed E-state index contributed by atoms with van der Waals surface area (Å²) >= 11 is 0. The van der Waals surface area contributed by atoms with E-state index in [0.717, 1.165) is 5.56 Å². The van der Waals surface area contributed by atoms with Crippen LogP contribution < -0.4 is 26.2 Å². The van der Waals surface area contributed by atoms with Crippen molar-refractivity contribution in [3.8, 4) is 5.75 Å². The van der Waals surface area contributed by atoms with Gasteiger partial charge in [-0.3, -0.25) is 28.8 Å². The summed E-state index contributed by atoms with van der Waals surface area (Å²) in [5.74, 6) is -2.45. The number of amides is 4. The van der Waals surface area contributed by atoms with Crippen LogP contribution >= 0.6 is 0 Å². The fraction of sp³-hybridized carbons (Fsp3) is 0.524. The summed E-state index contributed by atoms with van der Waals surface area (Å²) in [5, 5.41) is 16.5. The molecule has 2 aliphatic heterocycles. The first kappa shape index (κ1) is 25.1. The van der Waals surface area contributed by atoms with Crippen LogP contribution in [0.4, 0.5) is 4.39 Å². The molecule has 0 aliphatic carbocycles. The maximum absolute atomic E-state index is 12.7. The van der Waals surface area contributed by atoms with Gasteiger partial charge in [-0.2, -0.15) is 0 Å². The van der Waals surface area contributed by atoms with Gasteiger partial charge in [-0.15, -0.1) is 0 Å². The molecule has 1 aromatic carbocycles. The molecule has 2 bridgehead atoms. The van der Waals surface area contributed by atoms with Crippen molar-refractivity contribution >= 4 is 23.6 Å². The zero-order chi connectivity index (χ0) is 23.3. The Morgan fingerprint density at radius 3 is 2.56 bits per heavy atom.